The highest BCUT2D eigenvalue weighted by atomic mass is 16.6. The van der Waals surface area contributed by atoms with Gasteiger partial charge < -0.3 is 14.6 Å². The Hall–Kier alpha value is -1.71. The quantitative estimate of drug-likeness (QED) is 0.928. The van der Waals surface area contributed by atoms with Gasteiger partial charge in [0, 0.05) is 0 Å². The van der Waals surface area contributed by atoms with Crippen molar-refractivity contribution in [3.8, 4) is 11.5 Å². The number of aliphatic carboxylic acids is 1. The zero-order chi connectivity index (χ0) is 14.9. The van der Waals surface area contributed by atoms with E-state index < -0.39 is 11.4 Å². The highest BCUT2D eigenvalue weighted by Gasteiger charge is 2.43. The molecular weight excluding hydrogens is 268 g/mol. The summed E-state index contributed by atoms with van der Waals surface area (Å²) >= 11 is 0. The van der Waals surface area contributed by atoms with Gasteiger partial charge in [0.05, 0.1) is 5.41 Å². The van der Waals surface area contributed by atoms with Crippen molar-refractivity contribution >= 4 is 5.97 Å². The van der Waals surface area contributed by atoms with E-state index in [2.05, 4.69) is 6.92 Å². The Morgan fingerprint density at radius 3 is 2.33 bits per heavy atom. The lowest BCUT2D eigenvalue weighted by Crippen LogP contribution is -2.38. The van der Waals surface area contributed by atoms with Crippen LogP contribution in [-0.4, -0.2) is 24.3 Å². The normalized spacial score (nSPS) is 20.0. The average molecular weight is 290 g/mol. The number of ether oxygens (including phenoxy) is 2. The fourth-order valence-electron chi connectivity index (χ4n) is 3.62. The van der Waals surface area contributed by atoms with Gasteiger partial charge in [-0.15, -0.1) is 0 Å². The first kappa shape index (κ1) is 14.2. The summed E-state index contributed by atoms with van der Waals surface area (Å²) in [5.41, 5.74) is 1.25. The molecule has 0 radical (unpaired) electrons. The number of carboxylic acids is 1. The molecule has 3 rings (SSSR count). The van der Waals surface area contributed by atoms with Gasteiger partial charge in [0.15, 0.2) is 11.5 Å². The Balaban J connectivity index is 2.12. The SMILES string of the molecule is CCc1cc2c(cc1C1(C(=O)O)CCCCC1)OCCO2. The smallest absolute Gasteiger partial charge is 0.314 e. The fourth-order valence-corrected chi connectivity index (χ4v) is 3.62. The van der Waals surface area contributed by atoms with Crippen molar-refractivity contribution in [1.82, 2.24) is 0 Å². The molecule has 2 aliphatic rings. The summed E-state index contributed by atoms with van der Waals surface area (Å²) in [6.07, 6.45) is 5.32. The molecule has 114 valence electrons. The van der Waals surface area contributed by atoms with Crippen LogP contribution >= 0.6 is 0 Å². The third-order valence-electron chi connectivity index (χ3n) is 4.78. The molecule has 0 amide bonds. The molecule has 1 saturated carbocycles. The van der Waals surface area contributed by atoms with E-state index in [1.165, 1.54) is 0 Å². The van der Waals surface area contributed by atoms with Crippen molar-refractivity contribution in [2.24, 2.45) is 0 Å². The second-order valence-corrected chi connectivity index (χ2v) is 5.95. The van der Waals surface area contributed by atoms with Gasteiger partial charge in [0.2, 0.25) is 0 Å². The van der Waals surface area contributed by atoms with Gasteiger partial charge in [-0.1, -0.05) is 26.2 Å². The van der Waals surface area contributed by atoms with Crippen molar-refractivity contribution in [3.63, 3.8) is 0 Å². The minimum Gasteiger partial charge on any atom is -0.486 e. The number of rotatable bonds is 3. The van der Waals surface area contributed by atoms with Crippen LogP contribution in [0.1, 0.15) is 50.2 Å². The summed E-state index contributed by atoms with van der Waals surface area (Å²) in [5.74, 6) is 0.742. The van der Waals surface area contributed by atoms with Crippen molar-refractivity contribution in [2.45, 2.75) is 50.9 Å². The lowest BCUT2D eigenvalue weighted by atomic mass is 9.68. The maximum Gasteiger partial charge on any atom is 0.314 e. The Morgan fingerprint density at radius 1 is 1.14 bits per heavy atom. The standard InChI is InChI=1S/C17H22O4/c1-2-12-10-14-15(21-9-8-20-14)11-13(12)17(16(18)19)6-4-3-5-7-17/h10-11H,2-9H2,1H3,(H,18,19). The van der Waals surface area contributed by atoms with E-state index in [-0.39, 0.29) is 0 Å². The Bertz CT molecular complexity index is 544. The maximum atomic E-state index is 12.0. The van der Waals surface area contributed by atoms with Gasteiger partial charge >= 0.3 is 5.97 Å². The number of hydrogen-bond acceptors (Lipinski definition) is 3. The van der Waals surface area contributed by atoms with Gasteiger partial charge in [-0.05, 0) is 42.5 Å². The largest absolute Gasteiger partial charge is 0.486 e. The van der Waals surface area contributed by atoms with Crippen molar-refractivity contribution in [1.29, 1.82) is 0 Å². The van der Waals surface area contributed by atoms with Crippen molar-refractivity contribution < 1.29 is 19.4 Å². The van der Waals surface area contributed by atoms with Crippen LogP contribution in [0.3, 0.4) is 0 Å². The number of fused-ring (bicyclic) bond motifs is 1. The summed E-state index contributed by atoms with van der Waals surface area (Å²) in [7, 11) is 0. The fraction of sp³-hybridized carbons (Fsp3) is 0.588. The van der Waals surface area contributed by atoms with E-state index in [9.17, 15) is 9.90 Å². The first-order valence-corrected chi connectivity index (χ1v) is 7.84. The van der Waals surface area contributed by atoms with Crippen LogP contribution in [0.2, 0.25) is 0 Å². The second-order valence-electron chi connectivity index (χ2n) is 5.95. The number of carboxylic acid groups (broad SMARTS) is 1. The molecule has 1 aromatic rings. The second kappa shape index (κ2) is 5.58. The highest BCUT2D eigenvalue weighted by Crippen LogP contribution is 2.45. The van der Waals surface area contributed by atoms with E-state index in [1.807, 2.05) is 12.1 Å². The zero-order valence-corrected chi connectivity index (χ0v) is 12.5. The lowest BCUT2D eigenvalue weighted by molar-refractivity contribution is -0.145. The van der Waals surface area contributed by atoms with Gasteiger partial charge in [0.1, 0.15) is 13.2 Å². The number of aryl methyl sites for hydroxylation is 1. The van der Waals surface area contributed by atoms with Crippen LogP contribution in [-0.2, 0) is 16.6 Å². The lowest BCUT2D eigenvalue weighted by Gasteiger charge is -2.36. The maximum absolute atomic E-state index is 12.0. The minimum atomic E-state index is -0.751. The van der Waals surface area contributed by atoms with Gasteiger partial charge in [-0.3, -0.25) is 4.79 Å². The highest BCUT2D eigenvalue weighted by molar-refractivity contribution is 5.82. The summed E-state index contributed by atoms with van der Waals surface area (Å²) in [4.78, 5) is 12.0. The molecule has 1 aromatic carbocycles. The number of hydrogen-bond donors (Lipinski definition) is 1. The third kappa shape index (κ3) is 2.37. The predicted molar refractivity (Wildman–Crippen MR) is 79.2 cm³/mol. The molecule has 1 N–H and O–H groups in total. The van der Waals surface area contributed by atoms with E-state index in [1.54, 1.807) is 0 Å². The molecule has 1 heterocycles. The molecule has 0 saturated heterocycles. The topological polar surface area (TPSA) is 55.8 Å². The summed E-state index contributed by atoms with van der Waals surface area (Å²) in [6, 6.07) is 3.90. The molecule has 0 bridgehead atoms. The van der Waals surface area contributed by atoms with Gasteiger partial charge in [0.25, 0.3) is 0 Å². The first-order chi connectivity index (χ1) is 10.2. The van der Waals surface area contributed by atoms with Crippen LogP contribution in [0.4, 0.5) is 0 Å². The molecule has 4 heteroatoms. The van der Waals surface area contributed by atoms with Crippen LogP contribution in [0.15, 0.2) is 12.1 Å². The predicted octanol–water partition coefficient (Wildman–Crippen LogP) is 3.31. The Labute approximate surface area is 125 Å². The van der Waals surface area contributed by atoms with E-state index in [4.69, 9.17) is 9.47 Å². The molecule has 0 spiro atoms. The van der Waals surface area contributed by atoms with Crippen LogP contribution in [0.25, 0.3) is 0 Å². The zero-order valence-electron chi connectivity index (χ0n) is 12.5. The van der Waals surface area contributed by atoms with E-state index in [0.717, 1.165) is 55.4 Å². The molecule has 21 heavy (non-hydrogen) atoms. The molecule has 1 aliphatic heterocycles. The van der Waals surface area contributed by atoms with E-state index in [0.29, 0.717) is 19.0 Å². The number of carbonyl (C=O) groups is 1. The van der Waals surface area contributed by atoms with Crippen LogP contribution in [0.5, 0.6) is 11.5 Å². The van der Waals surface area contributed by atoms with Crippen molar-refractivity contribution in [3.05, 3.63) is 23.3 Å². The Kier molecular flexibility index (Phi) is 3.79. The summed E-state index contributed by atoms with van der Waals surface area (Å²) in [6.45, 7) is 3.14. The van der Waals surface area contributed by atoms with Gasteiger partial charge in [-0.2, -0.15) is 0 Å². The van der Waals surface area contributed by atoms with Gasteiger partial charge in [-0.25, -0.2) is 0 Å². The monoisotopic (exact) mass is 290 g/mol. The summed E-state index contributed by atoms with van der Waals surface area (Å²) < 4.78 is 11.3. The average Bonchev–Trinajstić information content (AvgIpc) is 2.54. The minimum absolute atomic E-state index is 0.526. The summed E-state index contributed by atoms with van der Waals surface area (Å²) in [5, 5.41) is 9.89. The molecule has 0 unspecified atom stereocenters. The molecule has 0 atom stereocenters. The Morgan fingerprint density at radius 2 is 1.76 bits per heavy atom. The van der Waals surface area contributed by atoms with Crippen LogP contribution < -0.4 is 9.47 Å². The molecule has 1 fully saturated rings. The van der Waals surface area contributed by atoms with Crippen LogP contribution in [0, 0.1) is 0 Å². The third-order valence-corrected chi connectivity index (χ3v) is 4.78. The van der Waals surface area contributed by atoms with Crippen molar-refractivity contribution in [2.75, 3.05) is 13.2 Å². The molecule has 0 aromatic heterocycles. The molecule has 1 aliphatic carbocycles. The first-order valence-electron chi connectivity index (χ1n) is 7.84. The molecular formula is C17H22O4. The number of benzene rings is 1. The van der Waals surface area contributed by atoms with E-state index >= 15 is 0 Å². The molecule has 4 nitrogen and oxygen atoms in total.